The first-order valence-electron chi connectivity index (χ1n) is 6.06. The van der Waals surface area contributed by atoms with Gasteiger partial charge in [0.25, 0.3) is 0 Å². The fraction of sp³-hybridized carbons (Fsp3) is 0.455. The molecule has 1 aliphatic heterocycles. The van der Waals surface area contributed by atoms with E-state index in [0.717, 1.165) is 0 Å². The highest BCUT2D eigenvalue weighted by Gasteiger charge is 2.41. The van der Waals surface area contributed by atoms with Gasteiger partial charge in [-0.25, -0.2) is 10.8 Å². The molecule has 1 amide bonds. The third kappa shape index (κ3) is 2.23. The first-order chi connectivity index (χ1) is 9.37. The number of amides is 1. The molecule has 0 aliphatic carbocycles. The summed E-state index contributed by atoms with van der Waals surface area (Å²) in [5.41, 5.74) is 1.26. The average Bonchev–Trinajstić information content (AvgIpc) is 2.41. The molecule has 0 bridgehead atoms. The van der Waals surface area contributed by atoms with Crippen molar-refractivity contribution in [1.82, 2.24) is 10.3 Å². The van der Waals surface area contributed by atoms with Crippen LogP contribution in [0.4, 0.5) is 17.3 Å². The van der Waals surface area contributed by atoms with Gasteiger partial charge in [0, 0.05) is 19.2 Å². The lowest BCUT2D eigenvalue weighted by Crippen LogP contribution is -2.62. The van der Waals surface area contributed by atoms with E-state index in [1.54, 1.807) is 18.7 Å². The Kier molecular flexibility index (Phi) is 3.45. The quantitative estimate of drug-likeness (QED) is 0.403. The molecule has 9 nitrogen and oxygen atoms in total. The Labute approximate surface area is 115 Å². The van der Waals surface area contributed by atoms with Crippen LogP contribution in [0.25, 0.3) is 0 Å². The molecule has 1 saturated heterocycles. The molecule has 1 aromatic heterocycles. The predicted octanol–water partition coefficient (Wildman–Crippen LogP) is -0.00980. The predicted molar refractivity (Wildman–Crippen MR) is 73.1 cm³/mol. The SMILES string of the molecule is CC1(C)C(=O)NCCN1c1nc(NN)ccc1[N+](=O)[O-]. The van der Waals surface area contributed by atoms with Crippen molar-refractivity contribution in [3.05, 3.63) is 22.2 Å². The maximum atomic E-state index is 11.9. The van der Waals surface area contributed by atoms with E-state index >= 15 is 0 Å². The van der Waals surface area contributed by atoms with Crippen molar-refractivity contribution in [3.8, 4) is 0 Å². The fourth-order valence-corrected chi connectivity index (χ4v) is 2.13. The van der Waals surface area contributed by atoms with Crippen LogP contribution in [0, 0.1) is 10.1 Å². The number of nitrogens with two attached hydrogens (primary N) is 1. The summed E-state index contributed by atoms with van der Waals surface area (Å²) in [6.07, 6.45) is 0. The molecule has 0 aromatic carbocycles. The van der Waals surface area contributed by atoms with Gasteiger partial charge in [-0.15, -0.1) is 0 Å². The molecule has 0 saturated carbocycles. The first kappa shape index (κ1) is 14.0. The van der Waals surface area contributed by atoms with Crippen LogP contribution in [-0.4, -0.2) is 34.4 Å². The van der Waals surface area contributed by atoms with E-state index in [4.69, 9.17) is 5.84 Å². The zero-order valence-corrected chi connectivity index (χ0v) is 11.2. The summed E-state index contributed by atoms with van der Waals surface area (Å²) in [6, 6.07) is 2.73. The van der Waals surface area contributed by atoms with E-state index in [1.807, 2.05) is 0 Å². The van der Waals surface area contributed by atoms with Crippen LogP contribution in [0.15, 0.2) is 12.1 Å². The van der Waals surface area contributed by atoms with Crippen LogP contribution in [0.2, 0.25) is 0 Å². The third-order valence-corrected chi connectivity index (χ3v) is 3.31. The van der Waals surface area contributed by atoms with E-state index in [2.05, 4.69) is 15.7 Å². The number of nitro groups is 1. The minimum absolute atomic E-state index is 0.130. The van der Waals surface area contributed by atoms with Gasteiger partial charge in [0.2, 0.25) is 11.7 Å². The first-order valence-corrected chi connectivity index (χ1v) is 6.06. The van der Waals surface area contributed by atoms with Gasteiger partial charge >= 0.3 is 5.69 Å². The number of carbonyl (C=O) groups is 1. The van der Waals surface area contributed by atoms with Crippen molar-refractivity contribution in [3.63, 3.8) is 0 Å². The van der Waals surface area contributed by atoms with Crippen LogP contribution >= 0.6 is 0 Å². The zero-order chi connectivity index (χ0) is 14.9. The number of hydrogen-bond donors (Lipinski definition) is 3. The van der Waals surface area contributed by atoms with Gasteiger partial charge in [-0.2, -0.15) is 0 Å². The highest BCUT2D eigenvalue weighted by molar-refractivity contribution is 5.90. The molecular formula is C11H16N6O3. The third-order valence-electron chi connectivity index (χ3n) is 3.31. The van der Waals surface area contributed by atoms with Gasteiger partial charge in [-0.3, -0.25) is 14.9 Å². The smallest absolute Gasteiger partial charge is 0.311 e. The summed E-state index contributed by atoms with van der Waals surface area (Å²) in [5, 5.41) is 13.9. The van der Waals surface area contributed by atoms with Crippen LogP contribution in [0.1, 0.15) is 13.8 Å². The molecule has 0 atom stereocenters. The Hall–Kier alpha value is -2.42. The highest BCUT2D eigenvalue weighted by Crippen LogP contribution is 2.33. The number of nitrogen functional groups attached to an aromatic ring is 1. The van der Waals surface area contributed by atoms with Gasteiger partial charge in [-0.1, -0.05) is 0 Å². The number of nitrogens with zero attached hydrogens (tertiary/aromatic N) is 3. The number of pyridine rings is 1. The maximum Gasteiger partial charge on any atom is 0.311 e. The van der Waals surface area contributed by atoms with E-state index in [-0.39, 0.29) is 17.4 Å². The second-order valence-corrected chi connectivity index (χ2v) is 4.91. The standard InChI is InChI=1S/C11H16N6O3/c1-11(2)10(18)13-5-6-16(11)9-7(17(19)20)3-4-8(14-9)15-12/h3-4H,5-6,12H2,1-2H3,(H,13,18)(H,14,15). The molecule has 20 heavy (non-hydrogen) atoms. The summed E-state index contributed by atoms with van der Waals surface area (Å²) in [7, 11) is 0. The topological polar surface area (TPSA) is 126 Å². The summed E-state index contributed by atoms with van der Waals surface area (Å²) in [6.45, 7) is 4.22. The summed E-state index contributed by atoms with van der Waals surface area (Å²) in [5.74, 6) is 5.51. The van der Waals surface area contributed by atoms with Gasteiger partial charge in [0.1, 0.15) is 11.4 Å². The monoisotopic (exact) mass is 280 g/mol. The Balaban J connectivity index is 2.54. The Morgan fingerprint density at radius 2 is 2.25 bits per heavy atom. The molecule has 1 aliphatic rings. The Morgan fingerprint density at radius 1 is 1.55 bits per heavy atom. The number of carbonyl (C=O) groups excluding carboxylic acids is 1. The molecule has 4 N–H and O–H groups in total. The summed E-state index contributed by atoms with van der Waals surface area (Å²) in [4.78, 5) is 28.3. The normalized spacial score (nSPS) is 17.6. The lowest BCUT2D eigenvalue weighted by Gasteiger charge is -2.41. The average molecular weight is 280 g/mol. The van der Waals surface area contributed by atoms with Crippen LogP contribution < -0.4 is 21.5 Å². The van der Waals surface area contributed by atoms with Crippen LogP contribution in [-0.2, 0) is 4.79 Å². The molecular weight excluding hydrogens is 264 g/mol. The van der Waals surface area contributed by atoms with E-state index in [9.17, 15) is 14.9 Å². The van der Waals surface area contributed by atoms with Gasteiger partial charge < -0.3 is 15.6 Å². The number of rotatable bonds is 3. The zero-order valence-electron chi connectivity index (χ0n) is 11.2. The second-order valence-electron chi connectivity index (χ2n) is 4.91. The minimum Gasteiger partial charge on any atom is -0.352 e. The molecule has 1 aromatic rings. The number of hydrogen-bond acceptors (Lipinski definition) is 7. The van der Waals surface area contributed by atoms with Crippen LogP contribution in [0.5, 0.6) is 0 Å². The molecule has 1 fully saturated rings. The van der Waals surface area contributed by atoms with E-state index in [0.29, 0.717) is 18.9 Å². The van der Waals surface area contributed by atoms with E-state index in [1.165, 1.54) is 12.1 Å². The van der Waals surface area contributed by atoms with Crippen molar-refractivity contribution < 1.29 is 9.72 Å². The Bertz CT molecular complexity index is 559. The summed E-state index contributed by atoms with van der Waals surface area (Å²) >= 11 is 0. The van der Waals surface area contributed by atoms with Gasteiger partial charge in [0.15, 0.2) is 0 Å². The van der Waals surface area contributed by atoms with Gasteiger partial charge in [-0.05, 0) is 19.9 Å². The molecule has 108 valence electrons. The molecule has 0 radical (unpaired) electrons. The van der Waals surface area contributed by atoms with Gasteiger partial charge in [0.05, 0.1) is 4.92 Å². The van der Waals surface area contributed by atoms with Crippen molar-refractivity contribution >= 4 is 23.2 Å². The van der Waals surface area contributed by atoms with Crippen LogP contribution in [0.3, 0.4) is 0 Å². The minimum atomic E-state index is -0.927. The lowest BCUT2D eigenvalue weighted by molar-refractivity contribution is -0.384. The molecule has 0 unspecified atom stereocenters. The van der Waals surface area contributed by atoms with Crippen molar-refractivity contribution in [2.45, 2.75) is 19.4 Å². The van der Waals surface area contributed by atoms with Crippen molar-refractivity contribution in [1.29, 1.82) is 0 Å². The molecule has 9 heteroatoms. The molecule has 0 spiro atoms. The van der Waals surface area contributed by atoms with Crippen molar-refractivity contribution in [2.24, 2.45) is 5.84 Å². The lowest BCUT2D eigenvalue weighted by atomic mass is 9.98. The fourth-order valence-electron chi connectivity index (χ4n) is 2.13. The Morgan fingerprint density at radius 3 is 2.85 bits per heavy atom. The molecule has 2 heterocycles. The number of hydrazine groups is 1. The maximum absolute atomic E-state index is 11.9. The largest absolute Gasteiger partial charge is 0.352 e. The highest BCUT2D eigenvalue weighted by atomic mass is 16.6. The number of piperazine rings is 1. The second kappa shape index (κ2) is 4.93. The molecule has 2 rings (SSSR count). The number of nitrogens with one attached hydrogen (secondary N) is 2. The van der Waals surface area contributed by atoms with E-state index < -0.39 is 10.5 Å². The number of aromatic nitrogens is 1. The summed E-state index contributed by atoms with van der Waals surface area (Å²) < 4.78 is 0. The van der Waals surface area contributed by atoms with Crippen molar-refractivity contribution in [2.75, 3.05) is 23.4 Å². The number of anilines is 2.